The average Bonchev–Trinajstić information content (AvgIpc) is 3.20. The molecule has 4 rings (SSSR count). The van der Waals surface area contributed by atoms with Crippen LogP contribution in [-0.4, -0.2) is 70.2 Å². The van der Waals surface area contributed by atoms with Gasteiger partial charge in [0.05, 0.1) is 17.7 Å². The normalized spacial score (nSPS) is 17.6. The minimum Gasteiger partial charge on any atom is -0.453 e. The number of rotatable bonds is 7. The van der Waals surface area contributed by atoms with E-state index in [1.165, 1.54) is 0 Å². The summed E-state index contributed by atoms with van der Waals surface area (Å²) in [6.07, 6.45) is 2.15. The molecule has 0 aliphatic carbocycles. The number of hydrogen-bond donors (Lipinski definition) is 1. The van der Waals surface area contributed by atoms with Crippen LogP contribution in [-0.2, 0) is 4.79 Å². The lowest BCUT2D eigenvalue weighted by atomic mass is 10.0. The van der Waals surface area contributed by atoms with E-state index in [4.69, 9.17) is 4.74 Å². The SMILES string of the molecule is CN(C(=O)COc1ncc2ccc(Br)cc2n1)C(CN1CC[C@H](O)C1)c1ccccc1. The van der Waals surface area contributed by atoms with Crippen molar-refractivity contribution >= 4 is 32.7 Å². The number of carbonyl (C=O) groups is 1. The number of aliphatic hydroxyl groups excluding tert-OH is 1. The zero-order valence-corrected chi connectivity index (χ0v) is 18.9. The summed E-state index contributed by atoms with van der Waals surface area (Å²) in [5, 5.41) is 10.8. The zero-order valence-electron chi connectivity index (χ0n) is 17.3. The van der Waals surface area contributed by atoms with Gasteiger partial charge in [-0.15, -0.1) is 0 Å². The predicted molar refractivity (Wildman–Crippen MR) is 122 cm³/mol. The lowest BCUT2D eigenvalue weighted by Crippen LogP contribution is -2.41. The van der Waals surface area contributed by atoms with Crippen LogP contribution in [0.1, 0.15) is 18.0 Å². The minimum atomic E-state index is -0.300. The van der Waals surface area contributed by atoms with E-state index in [-0.39, 0.29) is 30.7 Å². The summed E-state index contributed by atoms with van der Waals surface area (Å²) < 4.78 is 6.54. The summed E-state index contributed by atoms with van der Waals surface area (Å²) in [7, 11) is 1.79. The number of amides is 1. The van der Waals surface area contributed by atoms with E-state index in [1.54, 1.807) is 18.1 Å². The number of nitrogens with zero attached hydrogens (tertiary/aromatic N) is 4. The molecule has 2 aromatic carbocycles. The van der Waals surface area contributed by atoms with E-state index in [0.717, 1.165) is 33.9 Å². The summed E-state index contributed by atoms with van der Waals surface area (Å²) in [6.45, 7) is 1.96. The standard InChI is InChI=1S/C23H25BrN4O3/c1-27(21(16-5-3-2-4-6-16)14-28-10-9-19(29)13-28)22(30)15-31-23-25-12-17-7-8-18(24)11-20(17)26-23/h2-8,11-12,19,21,29H,9-10,13-15H2,1H3/t19-,21?/m0/s1. The first-order valence-electron chi connectivity index (χ1n) is 10.3. The van der Waals surface area contributed by atoms with Gasteiger partial charge in [0.1, 0.15) is 0 Å². The second-order valence-electron chi connectivity index (χ2n) is 7.78. The van der Waals surface area contributed by atoms with Gasteiger partial charge in [-0.1, -0.05) is 52.3 Å². The number of fused-ring (bicyclic) bond motifs is 1. The first kappa shape index (κ1) is 21.7. The van der Waals surface area contributed by atoms with Crippen molar-refractivity contribution < 1.29 is 14.6 Å². The Morgan fingerprint density at radius 1 is 1.32 bits per heavy atom. The first-order chi connectivity index (χ1) is 15.0. The molecule has 2 atom stereocenters. The molecule has 0 spiro atoms. The van der Waals surface area contributed by atoms with Gasteiger partial charge >= 0.3 is 6.01 Å². The summed E-state index contributed by atoms with van der Waals surface area (Å²) in [5.41, 5.74) is 1.79. The molecule has 0 bridgehead atoms. The van der Waals surface area contributed by atoms with Gasteiger partial charge in [-0.2, -0.15) is 4.98 Å². The molecule has 8 heteroatoms. The minimum absolute atomic E-state index is 0.143. The van der Waals surface area contributed by atoms with E-state index in [2.05, 4.69) is 30.8 Å². The maximum Gasteiger partial charge on any atom is 0.317 e. The molecule has 1 aromatic heterocycles. The average molecular weight is 485 g/mol. The largest absolute Gasteiger partial charge is 0.453 e. The van der Waals surface area contributed by atoms with Crippen molar-refractivity contribution in [2.75, 3.05) is 33.3 Å². The Balaban J connectivity index is 1.45. The van der Waals surface area contributed by atoms with Crippen molar-refractivity contribution in [3.63, 3.8) is 0 Å². The van der Waals surface area contributed by atoms with Crippen LogP contribution in [0.4, 0.5) is 0 Å². The van der Waals surface area contributed by atoms with Gasteiger partial charge in [-0.3, -0.25) is 9.69 Å². The third kappa shape index (κ3) is 5.39. The van der Waals surface area contributed by atoms with Gasteiger partial charge < -0.3 is 14.7 Å². The number of carbonyl (C=O) groups excluding carboxylic acids is 1. The van der Waals surface area contributed by atoms with Gasteiger partial charge in [-0.05, 0) is 24.1 Å². The third-order valence-electron chi connectivity index (χ3n) is 5.57. The molecule has 1 fully saturated rings. The van der Waals surface area contributed by atoms with Crippen molar-refractivity contribution in [1.29, 1.82) is 0 Å². The highest BCUT2D eigenvalue weighted by Crippen LogP contribution is 2.24. The Bertz CT molecular complexity index is 1050. The molecular weight excluding hydrogens is 460 g/mol. The Labute approximate surface area is 189 Å². The van der Waals surface area contributed by atoms with E-state index < -0.39 is 0 Å². The van der Waals surface area contributed by atoms with E-state index in [9.17, 15) is 9.90 Å². The van der Waals surface area contributed by atoms with Crippen molar-refractivity contribution in [2.24, 2.45) is 0 Å². The Kier molecular flexibility index (Phi) is 6.80. The summed E-state index contributed by atoms with van der Waals surface area (Å²) in [4.78, 5) is 25.5. The molecule has 1 unspecified atom stereocenters. The molecule has 2 heterocycles. The highest BCUT2D eigenvalue weighted by atomic mass is 79.9. The topological polar surface area (TPSA) is 78.8 Å². The maximum atomic E-state index is 13.0. The number of β-amino-alcohol motifs (C(OH)–C–C–N with tert-alkyl or cyclic N) is 1. The number of aliphatic hydroxyl groups is 1. The number of likely N-dealkylation sites (tertiary alicyclic amines) is 1. The predicted octanol–water partition coefficient (Wildman–Crippen LogP) is 3.04. The Morgan fingerprint density at radius 3 is 2.87 bits per heavy atom. The van der Waals surface area contributed by atoms with Crippen LogP contribution >= 0.6 is 15.9 Å². The number of likely N-dealkylation sites (N-methyl/N-ethyl adjacent to an activating group) is 1. The molecule has 0 radical (unpaired) electrons. The number of ether oxygens (including phenoxy) is 1. The van der Waals surface area contributed by atoms with Crippen LogP contribution in [0, 0.1) is 0 Å². The molecule has 162 valence electrons. The quantitative estimate of drug-likeness (QED) is 0.555. The molecular formula is C23H25BrN4O3. The maximum absolute atomic E-state index is 13.0. The Morgan fingerprint density at radius 2 is 2.13 bits per heavy atom. The van der Waals surface area contributed by atoms with Crippen molar-refractivity contribution in [2.45, 2.75) is 18.6 Å². The lowest BCUT2D eigenvalue weighted by Gasteiger charge is -2.32. The van der Waals surface area contributed by atoms with Crippen LogP contribution in [0.25, 0.3) is 10.9 Å². The molecule has 3 aromatic rings. The summed E-state index contributed by atoms with van der Waals surface area (Å²) in [5.74, 6) is -0.161. The van der Waals surface area contributed by atoms with Crippen LogP contribution in [0.15, 0.2) is 59.2 Å². The number of halogens is 1. The first-order valence-corrected chi connectivity index (χ1v) is 11.0. The molecule has 7 nitrogen and oxygen atoms in total. The van der Waals surface area contributed by atoms with Crippen LogP contribution in [0.5, 0.6) is 6.01 Å². The number of benzene rings is 2. The summed E-state index contributed by atoms with van der Waals surface area (Å²) >= 11 is 3.43. The number of aromatic nitrogens is 2. The van der Waals surface area contributed by atoms with Gasteiger partial charge in [0.15, 0.2) is 6.61 Å². The van der Waals surface area contributed by atoms with Gasteiger partial charge in [0, 0.05) is 42.7 Å². The van der Waals surface area contributed by atoms with Crippen molar-refractivity contribution in [3.05, 3.63) is 64.8 Å². The van der Waals surface area contributed by atoms with E-state index >= 15 is 0 Å². The fourth-order valence-electron chi connectivity index (χ4n) is 3.80. The highest BCUT2D eigenvalue weighted by molar-refractivity contribution is 9.10. The fraction of sp³-hybridized carbons (Fsp3) is 0.348. The fourth-order valence-corrected chi connectivity index (χ4v) is 4.15. The molecule has 31 heavy (non-hydrogen) atoms. The second-order valence-corrected chi connectivity index (χ2v) is 8.69. The summed E-state index contributed by atoms with van der Waals surface area (Å²) in [6, 6.07) is 15.7. The number of hydrogen-bond acceptors (Lipinski definition) is 6. The molecule has 0 saturated carbocycles. The Hall–Kier alpha value is -2.55. The molecule has 1 amide bonds. The van der Waals surface area contributed by atoms with Gasteiger partial charge in [0.2, 0.25) is 0 Å². The molecule has 1 saturated heterocycles. The van der Waals surface area contributed by atoms with Gasteiger partial charge in [0.25, 0.3) is 5.91 Å². The zero-order chi connectivity index (χ0) is 21.8. The molecule has 1 N–H and O–H groups in total. The second kappa shape index (κ2) is 9.72. The van der Waals surface area contributed by atoms with Crippen LogP contribution in [0.3, 0.4) is 0 Å². The lowest BCUT2D eigenvalue weighted by molar-refractivity contribution is -0.134. The van der Waals surface area contributed by atoms with Crippen LogP contribution in [0.2, 0.25) is 0 Å². The van der Waals surface area contributed by atoms with Crippen molar-refractivity contribution in [1.82, 2.24) is 19.8 Å². The highest BCUT2D eigenvalue weighted by Gasteiger charge is 2.28. The van der Waals surface area contributed by atoms with Crippen LogP contribution < -0.4 is 4.74 Å². The third-order valence-corrected chi connectivity index (χ3v) is 6.06. The van der Waals surface area contributed by atoms with E-state index in [1.807, 2.05) is 48.5 Å². The van der Waals surface area contributed by atoms with Crippen molar-refractivity contribution in [3.8, 4) is 6.01 Å². The molecule has 1 aliphatic heterocycles. The molecule has 1 aliphatic rings. The monoisotopic (exact) mass is 484 g/mol. The smallest absolute Gasteiger partial charge is 0.317 e. The van der Waals surface area contributed by atoms with Gasteiger partial charge in [-0.25, -0.2) is 4.98 Å². The van der Waals surface area contributed by atoms with E-state index in [0.29, 0.717) is 13.1 Å².